The Labute approximate surface area is 129 Å². The third kappa shape index (κ3) is 2.04. The lowest BCUT2D eigenvalue weighted by atomic mass is 10.2. The molecule has 0 amide bonds. The number of nitrogen functional groups attached to an aromatic ring is 1. The van der Waals surface area contributed by atoms with E-state index < -0.39 is 0 Å². The Morgan fingerprint density at radius 2 is 2.05 bits per heavy atom. The van der Waals surface area contributed by atoms with Gasteiger partial charge in [-0.15, -0.1) is 10.2 Å². The maximum absolute atomic E-state index is 6.07. The van der Waals surface area contributed by atoms with Crippen LogP contribution >= 0.6 is 11.8 Å². The fourth-order valence-corrected chi connectivity index (χ4v) is 2.82. The molecule has 8 heteroatoms. The predicted octanol–water partition coefficient (Wildman–Crippen LogP) is 2.85. The van der Waals surface area contributed by atoms with Gasteiger partial charge in [0.05, 0.1) is 11.8 Å². The molecule has 0 aliphatic rings. The number of hydrogen-bond donors (Lipinski definition) is 1. The van der Waals surface area contributed by atoms with Gasteiger partial charge >= 0.3 is 0 Å². The van der Waals surface area contributed by atoms with Gasteiger partial charge in [0, 0.05) is 11.8 Å². The fraction of sp³-hybridized carbons (Fsp3) is 0.0714. The highest BCUT2D eigenvalue weighted by Gasteiger charge is 2.18. The first kappa shape index (κ1) is 13.0. The Bertz CT molecular complexity index is 922. The topological polar surface area (TPSA) is 95.9 Å². The Morgan fingerprint density at radius 1 is 1.18 bits per heavy atom. The zero-order valence-electron chi connectivity index (χ0n) is 11.6. The highest BCUT2D eigenvalue weighted by Crippen LogP contribution is 2.30. The van der Waals surface area contributed by atoms with Crippen molar-refractivity contribution in [3.8, 4) is 11.4 Å². The van der Waals surface area contributed by atoms with Crippen LogP contribution in [0.1, 0.15) is 5.76 Å². The summed E-state index contributed by atoms with van der Waals surface area (Å²) in [4.78, 5) is 4.38. The van der Waals surface area contributed by atoms with Crippen molar-refractivity contribution in [1.29, 1.82) is 0 Å². The Kier molecular flexibility index (Phi) is 2.90. The minimum Gasteiger partial charge on any atom is -0.469 e. The van der Waals surface area contributed by atoms with Crippen molar-refractivity contribution < 1.29 is 8.83 Å². The SMILES string of the molecule is Cc1occc1-c1nnc(Sc2nc3ccccc3o2)n1N. The molecule has 0 unspecified atom stereocenters. The van der Waals surface area contributed by atoms with Crippen LogP contribution in [0.3, 0.4) is 0 Å². The molecule has 0 fully saturated rings. The molecule has 1 aromatic carbocycles. The van der Waals surface area contributed by atoms with Gasteiger partial charge in [-0.2, -0.15) is 0 Å². The monoisotopic (exact) mass is 313 g/mol. The van der Waals surface area contributed by atoms with E-state index in [2.05, 4.69) is 15.2 Å². The summed E-state index contributed by atoms with van der Waals surface area (Å²) in [6, 6.07) is 9.35. The summed E-state index contributed by atoms with van der Waals surface area (Å²) in [7, 11) is 0. The van der Waals surface area contributed by atoms with Crippen LogP contribution in [0.5, 0.6) is 0 Å². The minimum absolute atomic E-state index is 0.468. The molecule has 0 aliphatic heterocycles. The van der Waals surface area contributed by atoms with Crippen molar-refractivity contribution >= 4 is 22.9 Å². The normalized spacial score (nSPS) is 11.3. The van der Waals surface area contributed by atoms with Gasteiger partial charge in [0.25, 0.3) is 5.22 Å². The van der Waals surface area contributed by atoms with Crippen LogP contribution in [0.25, 0.3) is 22.5 Å². The van der Waals surface area contributed by atoms with E-state index in [4.69, 9.17) is 14.7 Å². The van der Waals surface area contributed by atoms with Crippen LogP contribution in [0.4, 0.5) is 0 Å². The molecule has 0 bridgehead atoms. The van der Waals surface area contributed by atoms with Crippen LogP contribution in [0, 0.1) is 6.92 Å². The molecule has 4 aromatic rings. The first-order valence-electron chi connectivity index (χ1n) is 6.51. The van der Waals surface area contributed by atoms with E-state index in [-0.39, 0.29) is 0 Å². The van der Waals surface area contributed by atoms with Gasteiger partial charge in [-0.25, -0.2) is 9.66 Å². The van der Waals surface area contributed by atoms with E-state index in [1.54, 1.807) is 12.3 Å². The molecular weight excluding hydrogens is 302 g/mol. The highest BCUT2D eigenvalue weighted by molar-refractivity contribution is 7.99. The number of para-hydroxylation sites is 2. The van der Waals surface area contributed by atoms with Gasteiger partial charge in [0.1, 0.15) is 11.3 Å². The van der Waals surface area contributed by atoms with E-state index in [1.165, 1.54) is 16.4 Å². The average Bonchev–Trinajstić information content (AvgIpc) is 3.19. The highest BCUT2D eigenvalue weighted by atomic mass is 32.2. The summed E-state index contributed by atoms with van der Waals surface area (Å²) in [5, 5.41) is 9.15. The third-order valence-electron chi connectivity index (χ3n) is 3.22. The number of hydrogen-bond acceptors (Lipinski definition) is 7. The number of nitrogens with two attached hydrogens (primary N) is 1. The second-order valence-corrected chi connectivity index (χ2v) is 5.53. The lowest BCUT2D eigenvalue weighted by molar-refractivity contribution is 0.488. The Morgan fingerprint density at radius 3 is 2.82 bits per heavy atom. The number of fused-ring (bicyclic) bond motifs is 1. The molecular formula is C14H11N5O2S. The lowest BCUT2D eigenvalue weighted by Gasteiger charge is -2.00. The number of nitrogens with zero attached hydrogens (tertiary/aromatic N) is 4. The van der Waals surface area contributed by atoms with Crippen LogP contribution < -0.4 is 5.84 Å². The molecule has 2 N–H and O–H groups in total. The van der Waals surface area contributed by atoms with Crippen molar-refractivity contribution in [2.45, 2.75) is 17.3 Å². The van der Waals surface area contributed by atoms with E-state index in [0.29, 0.717) is 16.2 Å². The van der Waals surface area contributed by atoms with Crippen molar-refractivity contribution in [3.63, 3.8) is 0 Å². The van der Waals surface area contributed by atoms with Gasteiger partial charge in [-0.05, 0) is 25.1 Å². The molecule has 110 valence electrons. The largest absolute Gasteiger partial charge is 0.469 e. The summed E-state index contributed by atoms with van der Waals surface area (Å²) in [5.41, 5.74) is 2.32. The van der Waals surface area contributed by atoms with Crippen molar-refractivity contribution in [3.05, 3.63) is 42.4 Å². The summed E-state index contributed by atoms with van der Waals surface area (Å²) in [5.74, 6) is 7.33. The average molecular weight is 313 g/mol. The molecule has 4 rings (SSSR count). The van der Waals surface area contributed by atoms with Crippen LogP contribution in [0.15, 0.2) is 55.8 Å². The summed E-state index contributed by atoms with van der Waals surface area (Å²) < 4.78 is 12.3. The Hall–Kier alpha value is -2.74. The molecule has 7 nitrogen and oxygen atoms in total. The van der Waals surface area contributed by atoms with Crippen LogP contribution in [-0.4, -0.2) is 19.9 Å². The van der Waals surface area contributed by atoms with Gasteiger partial charge in [0.15, 0.2) is 11.4 Å². The Balaban J connectivity index is 1.69. The first-order valence-corrected chi connectivity index (χ1v) is 7.32. The molecule has 3 heterocycles. The molecule has 0 aliphatic carbocycles. The summed E-state index contributed by atoms with van der Waals surface area (Å²) in [6.45, 7) is 1.84. The summed E-state index contributed by atoms with van der Waals surface area (Å²) in [6.07, 6.45) is 1.59. The number of oxazole rings is 1. The fourth-order valence-electron chi connectivity index (χ4n) is 2.12. The predicted molar refractivity (Wildman–Crippen MR) is 80.7 cm³/mol. The number of furan rings is 1. The quantitative estimate of drug-likeness (QED) is 0.581. The smallest absolute Gasteiger partial charge is 0.264 e. The van der Waals surface area contributed by atoms with Gasteiger partial charge in [0.2, 0.25) is 5.16 Å². The second-order valence-electron chi connectivity index (χ2n) is 4.62. The number of aromatic nitrogens is 4. The van der Waals surface area contributed by atoms with E-state index in [0.717, 1.165) is 22.4 Å². The number of aryl methyl sites for hydroxylation is 1. The van der Waals surface area contributed by atoms with E-state index in [9.17, 15) is 0 Å². The van der Waals surface area contributed by atoms with E-state index in [1.807, 2.05) is 31.2 Å². The lowest BCUT2D eigenvalue weighted by Crippen LogP contribution is -2.11. The third-order valence-corrected chi connectivity index (χ3v) is 4.03. The van der Waals surface area contributed by atoms with Crippen LogP contribution in [-0.2, 0) is 0 Å². The van der Waals surface area contributed by atoms with Crippen molar-refractivity contribution in [1.82, 2.24) is 19.9 Å². The molecule has 3 aromatic heterocycles. The molecule has 0 atom stereocenters. The minimum atomic E-state index is 0.468. The maximum Gasteiger partial charge on any atom is 0.264 e. The molecule has 0 saturated heterocycles. The zero-order valence-corrected chi connectivity index (χ0v) is 12.4. The van der Waals surface area contributed by atoms with Gasteiger partial charge < -0.3 is 14.7 Å². The molecule has 0 radical (unpaired) electrons. The van der Waals surface area contributed by atoms with E-state index >= 15 is 0 Å². The number of rotatable bonds is 3. The van der Waals surface area contributed by atoms with Crippen molar-refractivity contribution in [2.75, 3.05) is 5.84 Å². The molecule has 0 spiro atoms. The maximum atomic E-state index is 6.07. The van der Waals surface area contributed by atoms with Crippen LogP contribution in [0.2, 0.25) is 0 Å². The molecule has 22 heavy (non-hydrogen) atoms. The first-order chi connectivity index (χ1) is 10.7. The standard InChI is InChI=1S/C14H11N5O2S/c1-8-9(6-7-20-8)12-17-18-13(19(12)15)22-14-16-10-4-2-3-5-11(10)21-14/h2-7H,15H2,1H3. The molecule has 0 saturated carbocycles. The number of benzene rings is 1. The van der Waals surface area contributed by atoms with Gasteiger partial charge in [-0.3, -0.25) is 0 Å². The summed E-state index contributed by atoms with van der Waals surface area (Å²) >= 11 is 1.22. The van der Waals surface area contributed by atoms with Gasteiger partial charge in [-0.1, -0.05) is 12.1 Å². The second kappa shape index (κ2) is 4.92. The zero-order chi connectivity index (χ0) is 15.1. The van der Waals surface area contributed by atoms with Crippen molar-refractivity contribution in [2.24, 2.45) is 0 Å².